The first-order valence-electron chi connectivity index (χ1n) is 3.73. The van der Waals surface area contributed by atoms with Crippen molar-refractivity contribution in [2.75, 3.05) is 34.7 Å². The summed E-state index contributed by atoms with van der Waals surface area (Å²) < 4.78 is 20.3. The minimum absolute atomic E-state index is 0.373. The topological polar surface area (TPSA) is 49.0 Å². The minimum Gasteiger partial charge on any atom is -0.367 e. The summed E-state index contributed by atoms with van der Waals surface area (Å²) in [5.74, 6) is 0. The Kier molecular flexibility index (Phi) is 6.53. The minimum atomic E-state index is -2.63. The van der Waals surface area contributed by atoms with E-state index in [1.54, 1.807) is 0 Å². The fourth-order valence-corrected chi connectivity index (χ4v) is 1.92. The molecule has 0 spiro atoms. The first kappa shape index (κ1) is 12.0. The number of hydrogen-bond donors (Lipinski definition) is 1. The number of ether oxygens (including phenoxy) is 1. The van der Waals surface area contributed by atoms with E-state index in [0.29, 0.717) is 13.3 Å². The van der Waals surface area contributed by atoms with Crippen molar-refractivity contribution in [3.8, 4) is 0 Å². The zero-order chi connectivity index (χ0) is 9.45. The van der Waals surface area contributed by atoms with E-state index in [1.807, 2.05) is 6.92 Å². The van der Waals surface area contributed by atoms with E-state index >= 15 is 0 Å². The van der Waals surface area contributed by atoms with Crippen LogP contribution in [0, 0.1) is 0 Å². The third kappa shape index (κ3) is 3.61. The zero-order valence-corrected chi connectivity index (χ0v) is 9.05. The van der Waals surface area contributed by atoms with E-state index in [4.69, 9.17) is 18.0 Å². The second kappa shape index (κ2) is 6.52. The average Bonchev–Trinajstić information content (AvgIpc) is 2.14. The molecule has 0 aromatic carbocycles. The van der Waals surface area contributed by atoms with Crippen LogP contribution in [0.1, 0.15) is 6.92 Å². The van der Waals surface area contributed by atoms with Crippen molar-refractivity contribution in [1.29, 1.82) is 0 Å². The van der Waals surface area contributed by atoms with Crippen LogP contribution in [0.2, 0.25) is 0 Å². The molecule has 6 heteroatoms. The van der Waals surface area contributed by atoms with E-state index in [-0.39, 0.29) is 0 Å². The van der Waals surface area contributed by atoms with Gasteiger partial charge in [0.15, 0.2) is 0 Å². The molecule has 1 N–H and O–H groups in total. The van der Waals surface area contributed by atoms with Crippen LogP contribution in [-0.4, -0.2) is 43.6 Å². The molecule has 0 radical (unpaired) electrons. The molecule has 0 saturated heterocycles. The molecule has 0 aliphatic carbocycles. The molecular formula is C6H17NO4Si. The molecule has 0 unspecified atom stereocenters. The Morgan fingerprint density at radius 1 is 1.08 bits per heavy atom. The molecule has 0 heterocycles. The molecule has 5 nitrogen and oxygen atoms in total. The second-order valence-electron chi connectivity index (χ2n) is 1.98. The number of rotatable bonds is 7. The summed E-state index contributed by atoms with van der Waals surface area (Å²) in [5.41, 5.74) is 0. The van der Waals surface area contributed by atoms with E-state index in [1.165, 1.54) is 21.3 Å². The van der Waals surface area contributed by atoms with Gasteiger partial charge < -0.3 is 18.0 Å². The lowest BCUT2D eigenvalue weighted by atomic mass is 10.9. The third-order valence-electron chi connectivity index (χ3n) is 1.40. The van der Waals surface area contributed by atoms with Gasteiger partial charge in [-0.2, -0.15) is 0 Å². The summed E-state index contributed by atoms with van der Waals surface area (Å²) in [6, 6.07) is 0. The molecule has 0 aromatic rings. The first-order chi connectivity index (χ1) is 5.74. The van der Waals surface area contributed by atoms with Gasteiger partial charge in [-0.3, -0.25) is 0 Å². The molecule has 0 bridgehead atoms. The van der Waals surface area contributed by atoms with Crippen molar-refractivity contribution in [1.82, 2.24) is 4.98 Å². The van der Waals surface area contributed by atoms with E-state index in [2.05, 4.69) is 4.98 Å². The highest BCUT2D eigenvalue weighted by molar-refractivity contribution is 6.57. The third-order valence-corrected chi connectivity index (χ3v) is 3.59. The number of nitrogens with one attached hydrogen (secondary N) is 1. The van der Waals surface area contributed by atoms with Crippen LogP contribution in [0.4, 0.5) is 0 Å². The summed E-state index contributed by atoms with van der Waals surface area (Å²) in [6.45, 7) is 2.93. The van der Waals surface area contributed by atoms with E-state index in [0.717, 1.165) is 0 Å². The molecule has 0 aliphatic rings. The van der Waals surface area contributed by atoms with Crippen molar-refractivity contribution < 1.29 is 18.0 Å². The quantitative estimate of drug-likeness (QED) is 0.350. The van der Waals surface area contributed by atoms with Gasteiger partial charge in [-0.1, -0.05) is 0 Å². The standard InChI is InChI=1S/C6H17NO4Si/c1-5-11-6-7-12(8-2,9-3)10-4/h7H,5-6H2,1-4H3. The van der Waals surface area contributed by atoms with Gasteiger partial charge in [-0.25, -0.2) is 4.98 Å². The Morgan fingerprint density at radius 3 is 1.92 bits per heavy atom. The largest absolute Gasteiger partial charge is 0.597 e. The Morgan fingerprint density at radius 2 is 1.58 bits per heavy atom. The lowest BCUT2D eigenvalue weighted by molar-refractivity contribution is 0.0749. The van der Waals surface area contributed by atoms with Crippen LogP contribution in [0.25, 0.3) is 0 Å². The lowest BCUT2D eigenvalue weighted by Gasteiger charge is -2.24. The van der Waals surface area contributed by atoms with Gasteiger partial charge in [-0.15, -0.1) is 0 Å². The maximum atomic E-state index is 5.09. The predicted molar refractivity (Wildman–Crippen MR) is 46.4 cm³/mol. The van der Waals surface area contributed by atoms with Crippen molar-refractivity contribution in [3.05, 3.63) is 0 Å². The molecule has 0 fully saturated rings. The van der Waals surface area contributed by atoms with Gasteiger partial charge in [0.05, 0.1) is 6.73 Å². The maximum Gasteiger partial charge on any atom is 0.597 e. The van der Waals surface area contributed by atoms with E-state index < -0.39 is 8.97 Å². The molecule has 0 aliphatic heterocycles. The molecule has 0 rings (SSSR count). The summed E-state index contributed by atoms with van der Waals surface area (Å²) >= 11 is 0. The Labute approximate surface area is 74.4 Å². The highest BCUT2D eigenvalue weighted by Gasteiger charge is 2.38. The van der Waals surface area contributed by atoms with Gasteiger partial charge >= 0.3 is 8.97 Å². The second-order valence-corrected chi connectivity index (χ2v) is 4.67. The van der Waals surface area contributed by atoms with Gasteiger partial charge in [0.1, 0.15) is 0 Å². The molecule has 12 heavy (non-hydrogen) atoms. The summed E-state index contributed by atoms with van der Waals surface area (Å²) in [4.78, 5) is 2.93. The van der Waals surface area contributed by atoms with E-state index in [9.17, 15) is 0 Å². The lowest BCUT2D eigenvalue weighted by Crippen LogP contribution is -2.57. The van der Waals surface area contributed by atoms with Crippen molar-refractivity contribution in [2.45, 2.75) is 6.92 Å². The average molecular weight is 195 g/mol. The Bertz CT molecular complexity index is 101. The molecule has 0 amide bonds. The molecular weight excluding hydrogens is 178 g/mol. The SMILES string of the molecule is CCOCN[Si](OC)(OC)OC. The fraction of sp³-hybridized carbons (Fsp3) is 1.00. The summed E-state index contributed by atoms with van der Waals surface area (Å²) in [6.07, 6.45) is 0. The summed E-state index contributed by atoms with van der Waals surface area (Å²) in [7, 11) is 1.99. The molecule has 0 saturated carbocycles. The van der Waals surface area contributed by atoms with Crippen LogP contribution in [0.15, 0.2) is 0 Å². The van der Waals surface area contributed by atoms with Gasteiger partial charge in [0.2, 0.25) is 0 Å². The first-order valence-corrected chi connectivity index (χ1v) is 5.45. The van der Waals surface area contributed by atoms with Gasteiger partial charge in [0.25, 0.3) is 0 Å². The Hall–Kier alpha value is 0.0169. The normalized spacial score (nSPS) is 12.0. The molecule has 0 atom stereocenters. The van der Waals surface area contributed by atoms with Crippen LogP contribution in [0.3, 0.4) is 0 Å². The van der Waals surface area contributed by atoms with Crippen LogP contribution in [0.5, 0.6) is 0 Å². The fourth-order valence-electron chi connectivity index (χ4n) is 0.708. The van der Waals surface area contributed by atoms with Crippen LogP contribution >= 0.6 is 0 Å². The molecule has 0 aromatic heterocycles. The molecule has 74 valence electrons. The predicted octanol–water partition coefficient (Wildman–Crippen LogP) is -0.0552. The van der Waals surface area contributed by atoms with Crippen LogP contribution < -0.4 is 4.98 Å². The monoisotopic (exact) mass is 195 g/mol. The Balaban J connectivity index is 3.76. The van der Waals surface area contributed by atoms with Crippen molar-refractivity contribution in [2.24, 2.45) is 0 Å². The smallest absolute Gasteiger partial charge is 0.367 e. The zero-order valence-electron chi connectivity index (χ0n) is 8.05. The number of hydrogen-bond acceptors (Lipinski definition) is 5. The van der Waals surface area contributed by atoms with Gasteiger partial charge in [0, 0.05) is 27.9 Å². The van der Waals surface area contributed by atoms with Crippen LogP contribution in [-0.2, 0) is 18.0 Å². The maximum absolute atomic E-state index is 5.09. The highest BCUT2D eigenvalue weighted by Crippen LogP contribution is 1.99. The highest BCUT2D eigenvalue weighted by atomic mass is 28.4. The van der Waals surface area contributed by atoms with Crippen molar-refractivity contribution in [3.63, 3.8) is 0 Å². The van der Waals surface area contributed by atoms with Gasteiger partial charge in [-0.05, 0) is 6.92 Å². The van der Waals surface area contributed by atoms with Crippen molar-refractivity contribution >= 4 is 8.97 Å². The summed E-state index contributed by atoms with van der Waals surface area (Å²) in [5, 5.41) is 0.